The van der Waals surface area contributed by atoms with E-state index >= 15 is 0 Å². The van der Waals surface area contributed by atoms with Crippen LogP contribution < -0.4 is 9.64 Å². The molecule has 2 heterocycles. The molecule has 0 saturated heterocycles. The van der Waals surface area contributed by atoms with Gasteiger partial charge in [-0.3, -0.25) is 0 Å². The van der Waals surface area contributed by atoms with Gasteiger partial charge in [-0.1, -0.05) is 65.3 Å². The van der Waals surface area contributed by atoms with E-state index in [1.54, 1.807) is 0 Å². The molecule has 0 aliphatic carbocycles. The van der Waals surface area contributed by atoms with Crippen LogP contribution in [0.3, 0.4) is 0 Å². The van der Waals surface area contributed by atoms with Crippen LogP contribution in [-0.2, 0) is 0 Å². The van der Waals surface area contributed by atoms with Gasteiger partial charge in [-0.2, -0.15) is 9.97 Å². The molecule has 0 bridgehead atoms. The highest BCUT2D eigenvalue weighted by atomic mass is 16.5. The van der Waals surface area contributed by atoms with E-state index in [0.29, 0.717) is 0 Å². The van der Waals surface area contributed by atoms with E-state index < -0.39 is 0 Å². The van der Waals surface area contributed by atoms with Gasteiger partial charge in [-0.15, -0.1) is 0 Å². The van der Waals surface area contributed by atoms with Gasteiger partial charge in [0.05, 0.1) is 17.8 Å². The largest absolute Gasteiger partial charge is 0.461 e. The number of ether oxygens (including phenoxy) is 1. The number of nitrogens with zero attached hydrogens (tertiary/aromatic N) is 4. The van der Waals surface area contributed by atoms with Crippen molar-refractivity contribution in [3.8, 4) is 17.3 Å². The first-order valence-corrected chi connectivity index (χ1v) is 11.9. The molecule has 0 atom stereocenters. The number of aromatic nitrogens is 3. The third-order valence-corrected chi connectivity index (χ3v) is 4.43. The van der Waals surface area contributed by atoms with E-state index in [1.807, 2.05) is 45.9 Å². The fourth-order valence-corrected chi connectivity index (χ4v) is 3.23. The zero-order chi connectivity index (χ0) is 23.9. The lowest BCUT2D eigenvalue weighted by Crippen LogP contribution is -2.26. The predicted molar refractivity (Wildman–Crippen MR) is 136 cm³/mol. The SMILES string of the molecule is CC.CC.CCCN(CCC)c1nc(OCCO)nc2ccc(-c3cccc(C)c3)nc12. The van der Waals surface area contributed by atoms with Crippen LogP contribution in [0.4, 0.5) is 5.82 Å². The molecule has 3 aromatic rings. The standard InChI is InChI=1S/C22H28N4O2.2C2H6/c1-4-11-26(12-5-2)21-20-19(24-22(25-21)28-14-13-27)10-9-18(23-20)17-8-6-7-16(3)15-17;2*1-2/h6-10,15,27H,4-5,11-14H2,1-3H3;2*1-2H3. The molecule has 0 aliphatic rings. The first-order valence-electron chi connectivity index (χ1n) is 11.9. The number of pyridine rings is 1. The number of aliphatic hydroxyl groups is 1. The van der Waals surface area contributed by atoms with Crippen LogP contribution in [0.25, 0.3) is 22.3 Å². The van der Waals surface area contributed by atoms with Gasteiger partial charge in [-0.05, 0) is 38.0 Å². The molecule has 1 N–H and O–H groups in total. The Labute approximate surface area is 193 Å². The van der Waals surface area contributed by atoms with Gasteiger partial charge in [-0.25, -0.2) is 4.98 Å². The van der Waals surface area contributed by atoms with E-state index in [2.05, 4.69) is 53.8 Å². The Balaban J connectivity index is 0.00000121. The quantitative estimate of drug-likeness (QED) is 0.437. The second kappa shape index (κ2) is 15.1. The van der Waals surface area contributed by atoms with Crippen LogP contribution in [-0.4, -0.2) is 46.4 Å². The molecule has 0 amide bonds. The lowest BCUT2D eigenvalue weighted by atomic mass is 10.1. The Morgan fingerprint density at radius 2 is 1.59 bits per heavy atom. The summed E-state index contributed by atoms with van der Waals surface area (Å²) in [7, 11) is 0. The van der Waals surface area contributed by atoms with Crippen molar-refractivity contribution in [2.24, 2.45) is 0 Å². The summed E-state index contributed by atoms with van der Waals surface area (Å²) < 4.78 is 5.51. The first kappa shape index (κ1) is 27.3. The second-order valence-electron chi connectivity index (χ2n) is 6.82. The third kappa shape index (κ3) is 7.45. The number of benzene rings is 1. The van der Waals surface area contributed by atoms with Gasteiger partial charge < -0.3 is 14.7 Å². The molecule has 176 valence electrons. The molecule has 0 saturated carbocycles. The topological polar surface area (TPSA) is 71.4 Å². The third-order valence-electron chi connectivity index (χ3n) is 4.43. The number of rotatable bonds is 9. The summed E-state index contributed by atoms with van der Waals surface area (Å²) >= 11 is 0. The van der Waals surface area contributed by atoms with Crippen molar-refractivity contribution in [3.63, 3.8) is 0 Å². The van der Waals surface area contributed by atoms with E-state index in [1.165, 1.54) is 5.56 Å². The highest BCUT2D eigenvalue weighted by Crippen LogP contribution is 2.28. The predicted octanol–water partition coefficient (Wildman–Crippen LogP) is 6.05. The maximum atomic E-state index is 9.07. The minimum Gasteiger partial charge on any atom is -0.461 e. The van der Waals surface area contributed by atoms with Gasteiger partial charge in [0.2, 0.25) is 0 Å². The van der Waals surface area contributed by atoms with Gasteiger partial charge in [0.25, 0.3) is 0 Å². The summed E-state index contributed by atoms with van der Waals surface area (Å²) in [5, 5.41) is 9.07. The van der Waals surface area contributed by atoms with Gasteiger partial charge in [0.15, 0.2) is 5.82 Å². The van der Waals surface area contributed by atoms with Crippen LogP contribution in [0.1, 0.15) is 59.9 Å². The summed E-state index contributed by atoms with van der Waals surface area (Å²) in [5.74, 6) is 0.788. The molecule has 0 aliphatic heterocycles. The Morgan fingerprint density at radius 1 is 0.906 bits per heavy atom. The molecular weight excluding hydrogens is 400 g/mol. The molecule has 0 spiro atoms. The van der Waals surface area contributed by atoms with Crippen molar-refractivity contribution in [1.29, 1.82) is 0 Å². The lowest BCUT2D eigenvalue weighted by Gasteiger charge is -2.24. The van der Waals surface area contributed by atoms with E-state index in [9.17, 15) is 0 Å². The van der Waals surface area contributed by atoms with Crippen molar-refractivity contribution < 1.29 is 9.84 Å². The van der Waals surface area contributed by atoms with Crippen LogP contribution in [0.5, 0.6) is 6.01 Å². The number of hydrogen-bond acceptors (Lipinski definition) is 6. The van der Waals surface area contributed by atoms with Crippen LogP contribution in [0, 0.1) is 6.92 Å². The molecule has 2 aromatic heterocycles. The van der Waals surface area contributed by atoms with Crippen molar-refractivity contribution in [2.75, 3.05) is 31.2 Å². The highest BCUT2D eigenvalue weighted by Gasteiger charge is 2.17. The van der Waals surface area contributed by atoms with Crippen molar-refractivity contribution in [3.05, 3.63) is 42.0 Å². The van der Waals surface area contributed by atoms with Crippen molar-refractivity contribution in [2.45, 2.75) is 61.3 Å². The summed E-state index contributed by atoms with van der Waals surface area (Å²) in [6.45, 7) is 16.2. The van der Waals surface area contributed by atoms with E-state index in [-0.39, 0.29) is 19.2 Å². The van der Waals surface area contributed by atoms with E-state index in [4.69, 9.17) is 14.8 Å². The molecule has 6 nitrogen and oxygen atoms in total. The summed E-state index contributed by atoms with van der Waals surface area (Å²) in [6, 6.07) is 12.5. The molecule has 0 fully saturated rings. The zero-order valence-electron chi connectivity index (χ0n) is 20.9. The molecule has 6 heteroatoms. The molecule has 0 radical (unpaired) electrons. The van der Waals surface area contributed by atoms with E-state index in [0.717, 1.165) is 54.0 Å². The van der Waals surface area contributed by atoms with Crippen LogP contribution in [0.15, 0.2) is 36.4 Å². The maximum Gasteiger partial charge on any atom is 0.319 e. The lowest BCUT2D eigenvalue weighted by molar-refractivity contribution is 0.192. The number of aryl methyl sites for hydroxylation is 1. The Hall–Kier alpha value is -2.73. The maximum absolute atomic E-state index is 9.07. The molecule has 1 aromatic carbocycles. The minimum absolute atomic E-state index is 0.0745. The Bertz CT molecular complexity index is 925. The van der Waals surface area contributed by atoms with Crippen LogP contribution in [0.2, 0.25) is 0 Å². The number of hydrogen-bond donors (Lipinski definition) is 1. The fraction of sp³-hybridized carbons (Fsp3) is 0.500. The average Bonchev–Trinajstić information content (AvgIpc) is 2.84. The highest BCUT2D eigenvalue weighted by molar-refractivity contribution is 5.88. The van der Waals surface area contributed by atoms with Crippen LogP contribution >= 0.6 is 0 Å². The van der Waals surface area contributed by atoms with Gasteiger partial charge in [0, 0.05) is 18.7 Å². The Morgan fingerprint density at radius 3 is 2.19 bits per heavy atom. The minimum atomic E-state index is -0.0745. The average molecular weight is 441 g/mol. The first-order chi connectivity index (χ1) is 15.7. The molecule has 0 unspecified atom stereocenters. The van der Waals surface area contributed by atoms with Crippen molar-refractivity contribution in [1.82, 2.24) is 15.0 Å². The molecule has 3 rings (SSSR count). The molecule has 32 heavy (non-hydrogen) atoms. The summed E-state index contributed by atoms with van der Waals surface area (Å²) in [5.41, 5.74) is 4.69. The van der Waals surface area contributed by atoms with Gasteiger partial charge in [0.1, 0.15) is 12.1 Å². The fourth-order valence-electron chi connectivity index (χ4n) is 3.23. The monoisotopic (exact) mass is 440 g/mol. The zero-order valence-corrected chi connectivity index (χ0v) is 20.9. The number of fused-ring (bicyclic) bond motifs is 1. The number of anilines is 1. The second-order valence-corrected chi connectivity index (χ2v) is 6.82. The molecular formula is C26H40N4O2. The smallest absolute Gasteiger partial charge is 0.319 e. The van der Waals surface area contributed by atoms with Crippen molar-refractivity contribution >= 4 is 16.9 Å². The summed E-state index contributed by atoms with van der Waals surface area (Å²) in [6.07, 6.45) is 2.02. The van der Waals surface area contributed by atoms with Gasteiger partial charge >= 0.3 is 6.01 Å². The Kier molecular flexibility index (Phi) is 12.9. The number of aliphatic hydroxyl groups excluding tert-OH is 1. The summed E-state index contributed by atoms with van der Waals surface area (Å²) in [4.78, 5) is 16.3. The normalized spacial score (nSPS) is 10.0.